The van der Waals surface area contributed by atoms with Crippen molar-refractivity contribution >= 4 is 27.5 Å². The van der Waals surface area contributed by atoms with Crippen LogP contribution in [0.3, 0.4) is 0 Å². The van der Waals surface area contributed by atoms with Crippen LogP contribution in [0.15, 0.2) is 40.9 Å². The second kappa shape index (κ2) is 7.16. The standard InChI is InChI=1S/C15H13BrClF2N/c16-13-5-6-14(18)12(15(13)19)9-20-8-11-3-1-10(7-17)2-4-11/h1-6,20H,7-9H2. The summed E-state index contributed by atoms with van der Waals surface area (Å²) in [6.07, 6.45) is 0. The Morgan fingerprint density at radius 1 is 0.950 bits per heavy atom. The Kier molecular flexibility index (Phi) is 5.52. The molecule has 0 aliphatic rings. The average molecular weight is 361 g/mol. The predicted molar refractivity (Wildman–Crippen MR) is 80.6 cm³/mol. The van der Waals surface area contributed by atoms with E-state index in [4.69, 9.17) is 11.6 Å². The number of halogens is 4. The smallest absolute Gasteiger partial charge is 0.144 e. The van der Waals surface area contributed by atoms with Gasteiger partial charge in [-0.05, 0) is 39.2 Å². The summed E-state index contributed by atoms with van der Waals surface area (Å²) in [6, 6.07) is 10.4. The van der Waals surface area contributed by atoms with Crippen molar-refractivity contribution in [3.8, 4) is 0 Å². The summed E-state index contributed by atoms with van der Waals surface area (Å²) in [6.45, 7) is 0.669. The van der Waals surface area contributed by atoms with Crippen LogP contribution in [0.25, 0.3) is 0 Å². The van der Waals surface area contributed by atoms with Gasteiger partial charge in [-0.1, -0.05) is 24.3 Å². The Morgan fingerprint density at radius 2 is 1.60 bits per heavy atom. The molecule has 20 heavy (non-hydrogen) atoms. The predicted octanol–water partition coefficient (Wildman–Crippen LogP) is 4.76. The summed E-state index contributed by atoms with van der Waals surface area (Å²) < 4.78 is 27.6. The molecule has 0 heterocycles. The number of alkyl halides is 1. The lowest BCUT2D eigenvalue weighted by Crippen LogP contribution is -2.15. The minimum Gasteiger partial charge on any atom is -0.308 e. The maximum atomic E-state index is 13.7. The van der Waals surface area contributed by atoms with Gasteiger partial charge in [0, 0.05) is 24.5 Å². The minimum absolute atomic E-state index is 0.0387. The molecule has 2 aromatic rings. The van der Waals surface area contributed by atoms with E-state index in [1.165, 1.54) is 12.1 Å². The van der Waals surface area contributed by atoms with Gasteiger partial charge in [0.05, 0.1) is 4.47 Å². The SMILES string of the molecule is Fc1ccc(Br)c(F)c1CNCc1ccc(CCl)cc1. The summed E-state index contributed by atoms with van der Waals surface area (Å²) in [4.78, 5) is 0. The first kappa shape index (κ1) is 15.4. The largest absolute Gasteiger partial charge is 0.308 e. The molecule has 0 saturated carbocycles. The highest BCUT2D eigenvalue weighted by atomic mass is 79.9. The van der Waals surface area contributed by atoms with Crippen molar-refractivity contribution in [2.75, 3.05) is 0 Å². The minimum atomic E-state index is -0.560. The average Bonchev–Trinajstić information content (AvgIpc) is 2.47. The molecule has 0 saturated heterocycles. The first-order valence-electron chi connectivity index (χ1n) is 6.08. The maximum absolute atomic E-state index is 13.7. The third-order valence-corrected chi connectivity index (χ3v) is 3.87. The Hall–Kier alpha value is -0.970. The molecule has 0 radical (unpaired) electrons. The Labute approximate surface area is 130 Å². The van der Waals surface area contributed by atoms with Crippen molar-refractivity contribution in [1.82, 2.24) is 5.32 Å². The molecule has 0 fully saturated rings. The van der Waals surface area contributed by atoms with Gasteiger partial charge in [-0.3, -0.25) is 0 Å². The fraction of sp³-hybridized carbons (Fsp3) is 0.200. The van der Waals surface area contributed by atoms with Gasteiger partial charge in [-0.25, -0.2) is 8.78 Å². The molecule has 0 bridgehead atoms. The molecule has 2 aromatic carbocycles. The molecule has 1 N–H and O–H groups in total. The van der Waals surface area contributed by atoms with E-state index in [1.807, 2.05) is 24.3 Å². The van der Waals surface area contributed by atoms with Crippen LogP contribution in [-0.2, 0) is 19.0 Å². The zero-order valence-electron chi connectivity index (χ0n) is 10.6. The Bertz CT molecular complexity index is 587. The highest BCUT2D eigenvalue weighted by Crippen LogP contribution is 2.21. The van der Waals surface area contributed by atoms with Gasteiger partial charge < -0.3 is 5.32 Å². The number of hydrogen-bond donors (Lipinski definition) is 1. The maximum Gasteiger partial charge on any atom is 0.144 e. The molecule has 0 aliphatic heterocycles. The summed E-state index contributed by atoms with van der Waals surface area (Å²) >= 11 is 8.76. The molecule has 1 nitrogen and oxygen atoms in total. The zero-order valence-corrected chi connectivity index (χ0v) is 12.9. The van der Waals surface area contributed by atoms with Gasteiger partial charge in [0.1, 0.15) is 11.6 Å². The normalized spacial score (nSPS) is 10.8. The highest BCUT2D eigenvalue weighted by Gasteiger charge is 2.11. The van der Waals surface area contributed by atoms with Crippen LogP contribution in [0.2, 0.25) is 0 Å². The Balaban J connectivity index is 1.97. The lowest BCUT2D eigenvalue weighted by Gasteiger charge is -2.09. The van der Waals surface area contributed by atoms with Gasteiger partial charge in [0.15, 0.2) is 0 Å². The van der Waals surface area contributed by atoms with E-state index in [2.05, 4.69) is 21.2 Å². The number of benzene rings is 2. The number of nitrogens with one attached hydrogen (secondary N) is 1. The van der Waals surface area contributed by atoms with Crippen LogP contribution >= 0.6 is 27.5 Å². The van der Waals surface area contributed by atoms with Crippen LogP contribution in [0.4, 0.5) is 8.78 Å². The highest BCUT2D eigenvalue weighted by molar-refractivity contribution is 9.10. The third-order valence-electron chi connectivity index (χ3n) is 2.95. The third kappa shape index (κ3) is 3.78. The van der Waals surface area contributed by atoms with Crippen molar-refractivity contribution in [2.24, 2.45) is 0 Å². The molecule has 106 valence electrons. The van der Waals surface area contributed by atoms with Crippen molar-refractivity contribution in [3.63, 3.8) is 0 Å². The van der Waals surface area contributed by atoms with Crippen LogP contribution in [-0.4, -0.2) is 0 Å². The van der Waals surface area contributed by atoms with Crippen molar-refractivity contribution in [3.05, 3.63) is 69.2 Å². The molecule has 0 amide bonds. The van der Waals surface area contributed by atoms with Gasteiger partial charge in [0.25, 0.3) is 0 Å². The van der Waals surface area contributed by atoms with Crippen LogP contribution in [0, 0.1) is 11.6 Å². The lowest BCUT2D eigenvalue weighted by atomic mass is 10.1. The van der Waals surface area contributed by atoms with Crippen molar-refractivity contribution in [1.29, 1.82) is 0 Å². The molecule has 0 aliphatic carbocycles. The first-order valence-corrected chi connectivity index (χ1v) is 7.41. The van der Waals surface area contributed by atoms with E-state index >= 15 is 0 Å². The number of rotatable bonds is 5. The van der Waals surface area contributed by atoms with Crippen LogP contribution < -0.4 is 5.32 Å². The van der Waals surface area contributed by atoms with Gasteiger partial charge in [-0.15, -0.1) is 11.6 Å². The van der Waals surface area contributed by atoms with Gasteiger partial charge in [-0.2, -0.15) is 0 Å². The summed E-state index contributed by atoms with van der Waals surface area (Å²) in [7, 11) is 0. The fourth-order valence-electron chi connectivity index (χ4n) is 1.81. The van der Waals surface area contributed by atoms with Crippen LogP contribution in [0.5, 0.6) is 0 Å². The molecule has 2 rings (SSSR count). The fourth-order valence-corrected chi connectivity index (χ4v) is 2.36. The molecule has 0 atom stereocenters. The monoisotopic (exact) mass is 359 g/mol. The van der Waals surface area contributed by atoms with Gasteiger partial charge in [0.2, 0.25) is 0 Å². The molecule has 0 spiro atoms. The van der Waals surface area contributed by atoms with E-state index in [0.29, 0.717) is 12.4 Å². The first-order chi connectivity index (χ1) is 9.61. The molecule has 5 heteroatoms. The van der Waals surface area contributed by atoms with E-state index in [9.17, 15) is 8.78 Å². The van der Waals surface area contributed by atoms with E-state index in [1.54, 1.807) is 0 Å². The number of hydrogen-bond acceptors (Lipinski definition) is 1. The zero-order chi connectivity index (χ0) is 14.5. The quantitative estimate of drug-likeness (QED) is 0.599. The summed E-state index contributed by atoms with van der Waals surface area (Å²) in [5.41, 5.74) is 2.12. The summed E-state index contributed by atoms with van der Waals surface area (Å²) in [5.74, 6) is -0.631. The van der Waals surface area contributed by atoms with Gasteiger partial charge >= 0.3 is 0 Å². The topological polar surface area (TPSA) is 12.0 Å². The Morgan fingerprint density at radius 3 is 2.25 bits per heavy atom. The van der Waals surface area contributed by atoms with E-state index in [0.717, 1.165) is 11.1 Å². The molecule has 0 aromatic heterocycles. The van der Waals surface area contributed by atoms with Crippen molar-refractivity contribution < 1.29 is 8.78 Å². The molecule has 0 unspecified atom stereocenters. The van der Waals surface area contributed by atoms with Crippen molar-refractivity contribution in [2.45, 2.75) is 19.0 Å². The lowest BCUT2D eigenvalue weighted by molar-refractivity contribution is 0.532. The van der Waals surface area contributed by atoms with Crippen LogP contribution in [0.1, 0.15) is 16.7 Å². The summed E-state index contributed by atoms with van der Waals surface area (Å²) in [5, 5.41) is 3.03. The van der Waals surface area contributed by atoms with E-state index in [-0.39, 0.29) is 16.6 Å². The second-order valence-corrected chi connectivity index (χ2v) is 5.50. The molecular formula is C15H13BrClF2N. The second-order valence-electron chi connectivity index (χ2n) is 4.38. The molecular weight excluding hydrogens is 348 g/mol. The van der Waals surface area contributed by atoms with E-state index < -0.39 is 11.6 Å².